The van der Waals surface area contributed by atoms with E-state index in [4.69, 9.17) is 5.73 Å². The molecule has 84 valence electrons. The first kappa shape index (κ1) is 13.4. The van der Waals surface area contributed by atoms with Gasteiger partial charge in [0.1, 0.15) is 0 Å². The van der Waals surface area contributed by atoms with Crippen molar-refractivity contribution < 1.29 is 18.0 Å². The van der Waals surface area contributed by atoms with E-state index in [1.54, 1.807) is 13.8 Å². The van der Waals surface area contributed by atoms with Gasteiger partial charge in [-0.3, -0.25) is 4.79 Å². The molecular formula is C9H16F3NO. The van der Waals surface area contributed by atoms with Gasteiger partial charge in [-0.2, -0.15) is 13.2 Å². The minimum absolute atomic E-state index is 0.0969. The van der Waals surface area contributed by atoms with Crippen LogP contribution < -0.4 is 5.73 Å². The van der Waals surface area contributed by atoms with Gasteiger partial charge in [0.05, 0.1) is 5.54 Å². The summed E-state index contributed by atoms with van der Waals surface area (Å²) in [5, 5.41) is 0. The Morgan fingerprint density at radius 2 is 1.86 bits per heavy atom. The van der Waals surface area contributed by atoms with Crippen LogP contribution in [-0.4, -0.2) is 17.5 Å². The van der Waals surface area contributed by atoms with Crippen LogP contribution in [-0.2, 0) is 4.79 Å². The van der Waals surface area contributed by atoms with Crippen LogP contribution in [0.1, 0.15) is 39.5 Å². The van der Waals surface area contributed by atoms with Gasteiger partial charge >= 0.3 is 6.18 Å². The number of alkyl halides is 3. The molecule has 14 heavy (non-hydrogen) atoms. The molecule has 0 aromatic carbocycles. The third kappa shape index (κ3) is 5.21. The van der Waals surface area contributed by atoms with Gasteiger partial charge in [-0.25, -0.2) is 0 Å². The lowest BCUT2D eigenvalue weighted by atomic mass is 9.91. The van der Waals surface area contributed by atoms with E-state index >= 15 is 0 Å². The third-order valence-corrected chi connectivity index (χ3v) is 2.24. The predicted molar refractivity (Wildman–Crippen MR) is 47.8 cm³/mol. The molecule has 0 fully saturated rings. The fraction of sp³-hybridized carbons (Fsp3) is 0.889. The van der Waals surface area contributed by atoms with Crippen molar-refractivity contribution in [2.45, 2.75) is 51.2 Å². The van der Waals surface area contributed by atoms with Crippen molar-refractivity contribution in [2.24, 2.45) is 5.73 Å². The van der Waals surface area contributed by atoms with E-state index < -0.39 is 18.1 Å². The maximum absolute atomic E-state index is 11.7. The molecule has 2 nitrogen and oxygen atoms in total. The standard InChI is InChI=1S/C9H16F3NO/c1-3-8(2,13)7(14)5-4-6-9(10,11)12/h3-6,13H2,1-2H3. The highest BCUT2D eigenvalue weighted by atomic mass is 19.4. The van der Waals surface area contributed by atoms with Gasteiger partial charge in [0.25, 0.3) is 0 Å². The summed E-state index contributed by atoms with van der Waals surface area (Å²) < 4.78 is 35.2. The summed E-state index contributed by atoms with van der Waals surface area (Å²) in [7, 11) is 0. The van der Waals surface area contributed by atoms with Crippen molar-refractivity contribution in [3.63, 3.8) is 0 Å². The Morgan fingerprint density at radius 3 is 2.21 bits per heavy atom. The van der Waals surface area contributed by atoms with Crippen LogP contribution in [0.25, 0.3) is 0 Å². The van der Waals surface area contributed by atoms with E-state index in [0.29, 0.717) is 6.42 Å². The Kier molecular flexibility index (Phi) is 4.58. The average Bonchev–Trinajstić information content (AvgIpc) is 2.02. The Hall–Kier alpha value is -0.580. The van der Waals surface area contributed by atoms with Gasteiger partial charge in [-0.05, 0) is 19.8 Å². The van der Waals surface area contributed by atoms with Gasteiger partial charge in [-0.1, -0.05) is 6.92 Å². The van der Waals surface area contributed by atoms with Crippen LogP contribution in [0.5, 0.6) is 0 Å². The van der Waals surface area contributed by atoms with Crippen molar-refractivity contribution in [3.8, 4) is 0 Å². The zero-order valence-electron chi connectivity index (χ0n) is 8.45. The van der Waals surface area contributed by atoms with Crippen LogP contribution in [0.2, 0.25) is 0 Å². The van der Waals surface area contributed by atoms with Crippen LogP contribution in [0.15, 0.2) is 0 Å². The minimum Gasteiger partial charge on any atom is -0.319 e. The molecule has 1 atom stereocenters. The molecule has 0 aliphatic carbocycles. The fourth-order valence-corrected chi connectivity index (χ4v) is 0.932. The summed E-state index contributed by atoms with van der Waals surface area (Å²) in [5.74, 6) is -0.302. The monoisotopic (exact) mass is 211 g/mol. The molecule has 0 amide bonds. The molecule has 0 saturated heterocycles. The van der Waals surface area contributed by atoms with Gasteiger partial charge in [0, 0.05) is 12.8 Å². The first-order valence-corrected chi connectivity index (χ1v) is 4.58. The summed E-state index contributed by atoms with van der Waals surface area (Å²) in [5.41, 5.74) is 4.60. The maximum Gasteiger partial charge on any atom is 0.389 e. The Balaban J connectivity index is 3.87. The highest BCUT2D eigenvalue weighted by Gasteiger charge is 2.29. The lowest BCUT2D eigenvalue weighted by Gasteiger charge is -2.20. The molecule has 0 saturated carbocycles. The van der Waals surface area contributed by atoms with E-state index in [1.165, 1.54) is 0 Å². The molecular weight excluding hydrogens is 195 g/mol. The predicted octanol–water partition coefficient (Wildman–Crippen LogP) is 2.42. The summed E-state index contributed by atoms with van der Waals surface area (Å²) in [4.78, 5) is 11.3. The number of halogens is 3. The van der Waals surface area contributed by atoms with E-state index in [-0.39, 0.29) is 18.6 Å². The number of Topliss-reactive ketones (excluding diaryl/α,β-unsaturated/α-hetero) is 1. The fourth-order valence-electron chi connectivity index (χ4n) is 0.932. The number of rotatable bonds is 5. The second-order valence-corrected chi connectivity index (χ2v) is 3.66. The topological polar surface area (TPSA) is 43.1 Å². The second-order valence-electron chi connectivity index (χ2n) is 3.66. The number of carbonyl (C=O) groups excluding carboxylic acids is 1. The normalized spacial score (nSPS) is 16.4. The largest absolute Gasteiger partial charge is 0.389 e. The summed E-state index contributed by atoms with van der Waals surface area (Å²) in [6.45, 7) is 3.28. The van der Waals surface area contributed by atoms with E-state index in [0.717, 1.165) is 0 Å². The number of carbonyl (C=O) groups is 1. The van der Waals surface area contributed by atoms with Gasteiger partial charge in [0.2, 0.25) is 0 Å². The first-order valence-electron chi connectivity index (χ1n) is 4.58. The molecule has 2 N–H and O–H groups in total. The lowest BCUT2D eigenvalue weighted by molar-refractivity contribution is -0.137. The average molecular weight is 211 g/mol. The molecule has 0 aliphatic rings. The number of hydrogen-bond donors (Lipinski definition) is 1. The van der Waals surface area contributed by atoms with Crippen molar-refractivity contribution >= 4 is 5.78 Å². The zero-order chi connectivity index (χ0) is 11.4. The smallest absolute Gasteiger partial charge is 0.319 e. The van der Waals surface area contributed by atoms with Crippen molar-refractivity contribution in [1.29, 1.82) is 0 Å². The molecule has 1 unspecified atom stereocenters. The molecule has 0 aromatic heterocycles. The van der Waals surface area contributed by atoms with E-state index in [2.05, 4.69) is 0 Å². The molecule has 0 radical (unpaired) electrons. The summed E-state index contributed by atoms with van der Waals surface area (Å²) in [6.07, 6.45) is -4.93. The Labute approximate surface area is 81.7 Å². The molecule has 0 bridgehead atoms. The number of hydrogen-bond acceptors (Lipinski definition) is 2. The molecule has 0 heterocycles. The minimum atomic E-state index is -4.18. The lowest BCUT2D eigenvalue weighted by Crippen LogP contribution is -2.44. The van der Waals surface area contributed by atoms with Gasteiger partial charge in [-0.15, -0.1) is 0 Å². The molecule has 0 aromatic rings. The quantitative estimate of drug-likeness (QED) is 0.758. The number of ketones is 1. The zero-order valence-corrected chi connectivity index (χ0v) is 8.45. The molecule has 0 aliphatic heterocycles. The van der Waals surface area contributed by atoms with E-state index in [1.807, 2.05) is 0 Å². The Morgan fingerprint density at radius 1 is 1.36 bits per heavy atom. The van der Waals surface area contributed by atoms with Crippen LogP contribution >= 0.6 is 0 Å². The van der Waals surface area contributed by atoms with Gasteiger partial charge in [0.15, 0.2) is 5.78 Å². The van der Waals surface area contributed by atoms with Crippen LogP contribution in [0, 0.1) is 0 Å². The number of nitrogens with two attached hydrogens (primary N) is 1. The first-order chi connectivity index (χ1) is 6.19. The molecule has 0 spiro atoms. The molecule has 0 rings (SSSR count). The third-order valence-electron chi connectivity index (χ3n) is 2.24. The highest BCUT2D eigenvalue weighted by Crippen LogP contribution is 2.23. The van der Waals surface area contributed by atoms with Crippen molar-refractivity contribution in [2.75, 3.05) is 0 Å². The van der Waals surface area contributed by atoms with Crippen LogP contribution in [0.3, 0.4) is 0 Å². The van der Waals surface area contributed by atoms with Crippen molar-refractivity contribution in [3.05, 3.63) is 0 Å². The molecule has 5 heteroatoms. The van der Waals surface area contributed by atoms with E-state index in [9.17, 15) is 18.0 Å². The Bertz CT molecular complexity index is 199. The SMILES string of the molecule is CCC(C)(N)C(=O)CCCC(F)(F)F. The maximum atomic E-state index is 11.7. The van der Waals surface area contributed by atoms with Crippen LogP contribution in [0.4, 0.5) is 13.2 Å². The highest BCUT2D eigenvalue weighted by molar-refractivity contribution is 5.87. The van der Waals surface area contributed by atoms with Crippen molar-refractivity contribution in [1.82, 2.24) is 0 Å². The second kappa shape index (κ2) is 4.77. The summed E-state index contributed by atoms with van der Waals surface area (Å²) >= 11 is 0. The summed E-state index contributed by atoms with van der Waals surface area (Å²) in [6, 6.07) is 0. The van der Waals surface area contributed by atoms with Gasteiger partial charge < -0.3 is 5.73 Å².